The third kappa shape index (κ3) is 3.37. The van der Waals surface area contributed by atoms with E-state index in [1.165, 1.54) is 6.26 Å². The smallest absolute Gasteiger partial charge is 0.434 e. The zero-order valence-electron chi connectivity index (χ0n) is 9.76. The van der Waals surface area contributed by atoms with Crippen LogP contribution in [0.5, 0.6) is 5.95 Å². The number of hydrogen-bond donors (Lipinski definition) is 0. The van der Waals surface area contributed by atoms with Crippen molar-refractivity contribution < 1.29 is 22.6 Å². The molecule has 0 aliphatic carbocycles. The Kier molecular flexibility index (Phi) is 5.06. The zero-order valence-corrected chi connectivity index (χ0v) is 10.7. The standard InChI is InChI=1S/C10H17O5P/c1-4-9-7-8-12-10(9)15-16(11,13-5-2)14-6-3/h7-8H,4-6H2,1-3H3. The normalized spacial score (nSPS) is 11.7. The highest BCUT2D eigenvalue weighted by Crippen LogP contribution is 2.50. The maximum Gasteiger partial charge on any atom is 0.532 e. The van der Waals surface area contributed by atoms with E-state index in [-0.39, 0.29) is 19.2 Å². The van der Waals surface area contributed by atoms with E-state index < -0.39 is 7.82 Å². The van der Waals surface area contributed by atoms with Gasteiger partial charge in [0.25, 0.3) is 5.95 Å². The highest BCUT2D eigenvalue weighted by molar-refractivity contribution is 7.48. The Balaban J connectivity index is 2.79. The fourth-order valence-electron chi connectivity index (χ4n) is 1.17. The van der Waals surface area contributed by atoms with Gasteiger partial charge in [0.2, 0.25) is 0 Å². The molecule has 0 spiro atoms. The maximum atomic E-state index is 12.0. The summed E-state index contributed by atoms with van der Waals surface area (Å²) in [5.74, 6) is 0.202. The number of aryl methyl sites for hydroxylation is 1. The third-order valence-electron chi connectivity index (χ3n) is 1.86. The lowest BCUT2D eigenvalue weighted by Gasteiger charge is -2.15. The summed E-state index contributed by atoms with van der Waals surface area (Å²) in [6.45, 7) is 5.89. The summed E-state index contributed by atoms with van der Waals surface area (Å²) in [7, 11) is -3.54. The summed E-state index contributed by atoms with van der Waals surface area (Å²) in [6.07, 6.45) is 2.21. The second kappa shape index (κ2) is 6.09. The van der Waals surface area contributed by atoms with Crippen molar-refractivity contribution in [1.82, 2.24) is 0 Å². The highest BCUT2D eigenvalue weighted by Gasteiger charge is 2.29. The summed E-state index contributed by atoms with van der Waals surface area (Å²) >= 11 is 0. The van der Waals surface area contributed by atoms with E-state index in [4.69, 9.17) is 18.0 Å². The van der Waals surface area contributed by atoms with Crippen LogP contribution in [0.25, 0.3) is 0 Å². The molecule has 1 heterocycles. The Morgan fingerprint density at radius 1 is 1.25 bits per heavy atom. The lowest BCUT2D eigenvalue weighted by molar-refractivity contribution is 0.156. The number of phosphoric acid groups is 1. The lowest BCUT2D eigenvalue weighted by Crippen LogP contribution is -2.02. The van der Waals surface area contributed by atoms with Crippen molar-refractivity contribution in [2.45, 2.75) is 27.2 Å². The van der Waals surface area contributed by atoms with Crippen LogP contribution in [-0.2, 0) is 20.0 Å². The molecular formula is C10H17O5P. The van der Waals surface area contributed by atoms with E-state index in [9.17, 15) is 4.57 Å². The van der Waals surface area contributed by atoms with E-state index in [1.54, 1.807) is 19.9 Å². The van der Waals surface area contributed by atoms with Crippen LogP contribution in [0.1, 0.15) is 26.3 Å². The van der Waals surface area contributed by atoms with Crippen molar-refractivity contribution in [3.63, 3.8) is 0 Å². The first kappa shape index (κ1) is 13.3. The third-order valence-corrected chi connectivity index (χ3v) is 3.39. The number of phosphoric ester groups is 1. The van der Waals surface area contributed by atoms with Crippen LogP contribution in [0.3, 0.4) is 0 Å². The molecule has 0 fully saturated rings. The van der Waals surface area contributed by atoms with Crippen LogP contribution in [0, 0.1) is 0 Å². The first-order valence-corrected chi connectivity index (χ1v) is 6.76. The maximum absolute atomic E-state index is 12.0. The van der Waals surface area contributed by atoms with Crippen LogP contribution in [0.4, 0.5) is 0 Å². The van der Waals surface area contributed by atoms with Gasteiger partial charge in [-0.05, 0) is 26.3 Å². The number of hydrogen-bond acceptors (Lipinski definition) is 5. The fraction of sp³-hybridized carbons (Fsp3) is 0.600. The molecule has 0 radical (unpaired) electrons. The van der Waals surface area contributed by atoms with E-state index in [1.807, 2.05) is 6.92 Å². The summed E-state index contributed by atoms with van der Waals surface area (Å²) < 4.78 is 32.3. The summed E-state index contributed by atoms with van der Waals surface area (Å²) in [6, 6.07) is 1.76. The molecule has 1 aromatic heterocycles. The molecular weight excluding hydrogens is 231 g/mol. The Morgan fingerprint density at radius 3 is 2.38 bits per heavy atom. The van der Waals surface area contributed by atoms with Gasteiger partial charge < -0.3 is 8.94 Å². The molecule has 92 valence electrons. The molecule has 0 unspecified atom stereocenters. The quantitative estimate of drug-likeness (QED) is 0.692. The Bertz CT molecular complexity index is 350. The molecule has 0 aromatic carbocycles. The second-order valence-electron chi connectivity index (χ2n) is 2.96. The Labute approximate surface area is 95.3 Å². The van der Waals surface area contributed by atoms with Crippen LogP contribution in [0.15, 0.2) is 16.7 Å². The van der Waals surface area contributed by atoms with E-state index >= 15 is 0 Å². The molecule has 6 heteroatoms. The molecule has 0 saturated carbocycles. The van der Waals surface area contributed by atoms with Gasteiger partial charge in [-0.3, -0.25) is 9.05 Å². The molecule has 16 heavy (non-hydrogen) atoms. The predicted octanol–water partition coefficient (Wildman–Crippen LogP) is 3.40. The number of furan rings is 1. The minimum atomic E-state index is -3.54. The van der Waals surface area contributed by atoms with Gasteiger partial charge in [0.05, 0.1) is 19.5 Å². The average molecular weight is 248 g/mol. The van der Waals surface area contributed by atoms with Gasteiger partial charge in [-0.25, -0.2) is 4.57 Å². The SMILES string of the molecule is CCOP(=O)(OCC)Oc1occc1CC. The van der Waals surface area contributed by atoms with Crippen molar-refractivity contribution in [1.29, 1.82) is 0 Å². The van der Waals surface area contributed by atoms with E-state index in [0.717, 1.165) is 12.0 Å². The van der Waals surface area contributed by atoms with Crippen LogP contribution in [0.2, 0.25) is 0 Å². The monoisotopic (exact) mass is 248 g/mol. The predicted molar refractivity (Wildman–Crippen MR) is 59.6 cm³/mol. The van der Waals surface area contributed by atoms with Crippen LogP contribution in [-0.4, -0.2) is 13.2 Å². The second-order valence-corrected chi connectivity index (χ2v) is 4.55. The molecule has 0 bridgehead atoms. The van der Waals surface area contributed by atoms with Crippen molar-refractivity contribution >= 4 is 7.82 Å². The van der Waals surface area contributed by atoms with Gasteiger partial charge in [0.15, 0.2) is 0 Å². The van der Waals surface area contributed by atoms with Crippen molar-refractivity contribution in [2.75, 3.05) is 13.2 Å². The van der Waals surface area contributed by atoms with Gasteiger partial charge in [0.1, 0.15) is 0 Å². The van der Waals surface area contributed by atoms with Gasteiger partial charge in [0, 0.05) is 5.56 Å². The molecule has 0 N–H and O–H groups in total. The van der Waals surface area contributed by atoms with Gasteiger partial charge in [-0.2, -0.15) is 0 Å². The average Bonchev–Trinajstić information content (AvgIpc) is 2.65. The molecule has 0 aliphatic heterocycles. The van der Waals surface area contributed by atoms with E-state index in [0.29, 0.717) is 0 Å². The molecule has 0 aliphatic rings. The Hall–Kier alpha value is -0.770. The first-order valence-electron chi connectivity index (χ1n) is 5.30. The zero-order chi connectivity index (χ0) is 12.0. The summed E-state index contributed by atoms with van der Waals surface area (Å²) in [5.41, 5.74) is 0.833. The minimum absolute atomic E-state index is 0.202. The molecule has 0 saturated heterocycles. The van der Waals surface area contributed by atoms with Crippen molar-refractivity contribution in [3.05, 3.63) is 17.9 Å². The lowest BCUT2D eigenvalue weighted by atomic mass is 10.3. The van der Waals surface area contributed by atoms with Gasteiger partial charge in [-0.1, -0.05) is 6.92 Å². The van der Waals surface area contributed by atoms with E-state index in [2.05, 4.69) is 0 Å². The van der Waals surface area contributed by atoms with Crippen LogP contribution >= 0.6 is 7.82 Å². The highest BCUT2D eigenvalue weighted by atomic mass is 31.2. The topological polar surface area (TPSA) is 57.9 Å². The van der Waals surface area contributed by atoms with Crippen LogP contribution < -0.4 is 4.52 Å². The van der Waals surface area contributed by atoms with Crippen molar-refractivity contribution in [2.24, 2.45) is 0 Å². The number of rotatable bonds is 7. The fourth-order valence-corrected chi connectivity index (χ4v) is 2.35. The molecule has 0 amide bonds. The van der Waals surface area contributed by atoms with Gasteiger partial charge >= 0.3 is 7.82 Å². The summed E-state index contributed by atoms with van der Waals surface area (Å²) in [4.78, 5) is 0. The molecule has 1 aromatic rings. The largest absolute Gasteiger partial charge is 0.532 e. The molecule has 0 atom stereocenters. The van der Waals surface area contributed by atoms with Gasteiger partial charge in [-0.15, -0.1) is 0 Å². The first-order chi connectivity index (χ1) is 7.65. The molecule has 5 nitrogen and oxygen atoms in total. The minimum Gasteiger partial charge on any atom is -0.434 e. The summed E-state index contributed by atoms with van der Waals surface area (Å²) in [5, 5.41) is 0. The molecule has 1 rings (SSSR count). The van der Waals surface area contributed by atoms with Crippen molar-refractivity contribution in [3.8, 4) is 5.95 Å². The Morgan fingerprint density at radius 2 is 1.88 bits per heavy atom.